The number of nitrogens with zero attached hydrogens (tertiary/aromatic N) is 3. The Balaban J connectivity index is 1.56. The van der Waals surface area contributed by atoms with Gasteiger partial charge in [0.25, 0.3) is 5.91 Å². The van der Waals surface area contributed by atoms with Crippen molar-refractivity contribution in [3.8, 4) is 11.5 Å². The maximum absolute atomic E-state index is 13.0. The molecule has 6 nitrogen and oxygen atoms in total. The van der Waals surface area contributed by atoms with Gasteiger partial charge in [0.1, 0.15) is 6.61 Å². The second kappa shape index (κ2) is 11.0. The van der Waals surface area contributed by atoms with Crippen LogP contribution in [-0.4, -0.2) is 34.6 Å². The van der Waals surface area contributed by atoms with E-state index in [4.69, 9.17) is 32.7 Å². The number of halogens is 2. The number of carbonyl (C=O) groups excluding carboxylic acids is 1. The summed E-state index contributed by atoms with van der Waals surface area (Å²) in [5.74, 6) is 1.02. The minimum atomic E-state index is -0.116. The number of ether oxygens (including phenoxy) is 2. The summed E-state index contributed by atoms with van der Waals surface area (Å²) in [6.45, 7) is 2.70. The summed E-state index contributed by atoms with van der Waals surface area (Å²) < 4.78 is 11.4. The highest BCUT2D eigenvalue weighted by atomic mass is 35.5. The molecule has 1 aliphatic rings. The van der Waals surface area contributed by atoms with Crippen molar-refractivity contribution in [2.45, 2.75) is 13.5 Å². The Morgan fingerprint density at radius 1 is 1.12 bits per heavy atom. The van der Waals surface area contributed by atoms with Gasteiger partial charge in [-0.15, -0.1) is 0 Å². The number of thioether (sulfide) groups is 1. The third kappa shape index (κ3) is 5.38. The number of hydrogen-bond acceptors (Lipinski definition) is 6. The Kier molecular flexibility index (Phi) is 7.77. The number of amidine groups is 1. The number of benzene rings is 2. The molecule has 0 bridgehead atoms. The monoisotopic (exact) mass is 513 g/mol. The van der Waals surface area contributed by atoms with Gasteiger partial charge in [0.05, 0.1) is 22.7 Å². The molecule has 1 saturated heterocycles. The molecule has 9 heteroatoms. The summed E-state index contributed by atoms with van der Waals surface area (Å²) in [5.41, 5.74) is 2.25. The zero-order valence-corrected chi connectivity index (χ0v) is 20.8. The highest BCUT2D eigenvalue weighted by molar-refractivity contribution is 8.18. The van der Waals surface area contributed by atoms with Crippen LogP contribution in [-0.2, 0) is 11.4 Å². The number of amides is 1. The number of methoxy groups -OCH3 is 1. The summed E-state index contributed by atoms with van der Waals surface area (Å²) in [7, 11) is 1.58. The highest BCUT2D eigenvalue weighted by Crippen LogP contribution is 2.37. The van der Waals surface area contributed by atoms with Crippen molar-refractivity contribution >= 4 is 57.8 Å². The molecule has 0 atom stereocenters. The topological polar surface area (TPSA) is 64.0 Å². The van der Waals surface area contributed by atoms with Crippen LogP contribution in [0.2, 0.25) is 10.0 Å². The van der Waals surface area contributed by atoms with E-state index in [9.17, 15) is 4.79 Å². The lowest BCUT2D eigenvalue weighted by molar-refractivity contribution is -0.122. The lowest BCUT2D eigenvalue weighted by Crippen LogP contribution is -2.28. The molecule has 0 radical (unpaired) electrons. The third-order valence-corrected chi connectivity index (χ3v) is 6.66. The third-order valence-electron chi connectivity index (χ3n) is 5.00. The molecule has 0 N–H and O–H groups in total. The zero-order valence-electron chi connectivity index (χ0n) is 18.5. The van der Waals surface area contributed by atoms with Gasteiger partial charge in [-0.25, -0.2) is 4.99 Å². The predicted octanol–water partition coefficient (Wildman–Crippen LogP) is 6.60. The van der Waals surface area contributed by atoms with Crippen molar-refractivity contribution in [1.82, 2.24) is 9.88 Å². The van der Waals surface area contributed by atoms with E-state index in [0.29, 0.717) is 50.5 Å². The first-order valence-corrected chi connectivity index (χ1v) is 12.0. The molecule has 0 aliphatic carbocycles. The number of aliphatic imine (C=N–C) groups is 1. The first-order valence-electron chi connectivity index (χ1n) is 10.4. The second-order valence-corrected chi connectivity index (χ2v) is 9.00. The zero-order chi connectivity index (χ0) is 24.1. The van der Waals surface area contributed by atoms with Gasteiger partial charge in [0.15, 0.2) is 16.7 Å². The molecule has 2 heterocycles. The molecule has 0 spiro atoms. The van der Waals surface area contributed by atoms with Crippen molar-refractivity contribution in [3.63, 3.8) is 0 Å². The molecule has 0 unspecified atom stereocenters. The van der Waals surface area contributed by atoms with Crippen LogP contribution in [0.1, 0.15) is 18.1 Å². The van der Waals surface area contributed by atoms with E-state index in [1.807, 2.05) is 55.5 Å². The van der Waals surface area contributed by atoms with Crippen LogP contribution < -0.4 is 9.47 Å². The maximum atomic E-state index is 13.0. The first kappa shape index (κ1) is 24.1. The van der Waals surface area contributed by atoms with Crippen LogP contribution in [0.4, 0.5) is 5.69 Å². The predicted molar refractivity (Wildman–Crippen MR) is 138 cm³/mol. The van der Waals surface area contributed by atoms with Crippen molar-refractivity contribution < 1.29 is 14.3 Å². The van der Waals surface area contributed by atoms with Crippen molar-refractivity contribution in [2.75, 3.05) is 13.7 Å². The second-order valence-electron chi connectivity index (χ2n) is 7.17. The Hall–Kier alpha value is -3.00. The molecule has 1 aliphatic heterocycles. The average molecular weight is 514 g/mol. The van der Waals surface area contributed by atoms with E-state index in [0.717, 1.165) is 11.1 Å². The van der Waals surface area contributed by atoms with E-state index in [2.05, 4.69) is 9.98 Å². The normalized spacial score (nSPS) is 15.9. The van der Waals surface area contributed by atoms with Gasteiger partial charge < -0.3 is 9.47 Å². The quantitative estimate of drug-likeness (QED) is 0.333. The fraction of sp³-hybridized carbons (Fsp3) is 0.160. The van der Waals surface area contributed by atoms with Gasteiger partial charge in [0.2, 0.25) is 0 Å². The van der Waals surface area contributed by atoms with Crippen molar-refractivity contribution in [1.29, 1.82) is 0 Å². The Labute approximate surface area is 212 Å². The summed E-state index contributed by atoms with van der Waals surface area (Å²) in [4.78, 5) is 23.7. The molecule has 3 aromatic rings. The maximum Gasteiger partial charge on any atom is 0.266 e. The van der Waals surface area contributed by atoms with Gasteiger partial charge >= 0.3 is 0 Å². The summed E-state index contributed by atoms with van der Waals surface area (Å²) >= 11 is 13.7. The van der Waals surface area contributed by atoms with E-state index >= 15 is 0 Å². The van der Waals surface area contributed by atoms with Crippen molar-refractivity contribution in [2.24, 2.45) is 4.99 Å². The molecule has 174 valence electrons. The van der Waals surface area contributed by atoms with Gasteiger partial charge in [-0.05, 0) is 54.6 Å². The Morgan fingerprint density at radius 2 is 1.94 bits per heavy atom. The number of hydrogen-bond donors (Lipinski definition) is 0. The van der Waals surface area contributed by atoms with Gasteiger partial charge in [-0.2, -0.15) is 0 Å². The minimum Gasteiger partial charge on any atom is -0.493 e. The number of carbonyl (C=O) groups is 1. The fourth-order valence-electron chi connectivity index (χ4n) is 3.25. The van der Waals surface area contributed by atoms with Gasteiger partial charge in [-0.1, -0.05) is 47.5 Å². The van der Waals surface area contributed by atoms with E-state index in [-0.39, 0.29) is 5.91 Å². The minimum absolute atomic E-state index is 0.116. The van der Waals surface area contributed by atoms with E-state index in [1.165, 1.54) is 18.0 Å². The van der Waals surface area contributed by atoms with E-state index < -0.39 is 0 Å². The molecule has 2 aromatic carbocycles. The number of pyridine rings is 1. The molecule has 1 fully saturated rings. The van der Waals surface area contributed by atoms with Gasteiger partial charge in [-0.3, -0.25) is 14.7 Å². The molecule has 4 rings (SSSR count). The summed E-state index contributed by atoms with van der Waals surface area (Å²) in [5, 5.41) is 1.64. The molecule has 34 heavy (non-hydrogen) atoms. The van der Waals surface area contributed by atoms with Gasteiger partial charge in [0, 0.05) is 29.5 Å². The lowest BCUT2D eigenvalue weighted by Gasteiger charge is -2.12. The van der Waals surface area contributed by atoms with Crippen LogP contribution in [0.3, 0.4) is 0 Å². The first-order chi connectivity index (χ1) is 16.5. The summed E-state index contributed by atoms with van der Waals surface area (Å²) in [6.07, 6.45) is 4.95. The smallest absolute Gasteiger partial charge is 0.266 e. The van der Waals surface area contributed by atoms with E-state index in [1.54, 1.807) is 24.3 Å². The van der Waals surface area contributed by atoms with Crippen LogP contribution in [0.5, 0.6) is 11.5 Å². The Bertz CT molecular complexity index is 1280. The fourth-order valence-corrected chi connectivity index (χ4v) is 4.65. The molecule has 0 saturated carbocycles. The van der Waals surface area contributed by atoms with Crippen LogP contribution in [0.15, 0.2) is 70.8 Å². The molecule has 1 aromatic heterocycles. The largest absolute Gasteiger partial charge is 0.493 e. The van der Waals surface area contributed by atoms with Crippen LogP contribution in [0, 0.1) is 0 Å². The highest BCUT2D eigenvalue weighted by Gasteiger charge is 2.32. The Morgan fingerprint density at radius 3 is 2.68 bits per heavy atom. The lowest BCUT2D eigenvalue weighted by atomic mass is 10.1. The van der Waals surface area contributed by atoms with Crippen LogP contribution >= 0.6 is 35.0 Å². The molecular weight excluding hydrogens is 493 g/mol. The SMILES string of the molecule is CCN1C(=O)/C(=C/c2ccc(OCc3ccccc3Cl)c(OC)c2)SC1=Nc1ccncc1Cl. The number of rotatable bonds is 7. The number of aromatic nitrogens is 1. The number of likely N-dealkylation sites (N-methyl/N-ethyl adjacent to an activating group) is 1. The van der Waals surface area contributed by atoms with Crippen LogP contribution in [0.25, 0.3) is 6.08 Å². The molecule has 1 amide bonds. The summed E-state index contributed by atoms with van der Waals surface area (Å²) in [6, 6.07) is 14.7. The molecular formula is C25H21Cl2N3O3S. The average Bonchev–Trinajstić information content (AvgIpc) is 3.14. The standard InChI is InChI=1S/C25H21Cl2N3O3S/c1-3-30-24(31)23(34-25(30)29-20-10-11-28-14-19(20)27)13-16-8-9-21(22(12-16)32-2)33-15-17-6-4-5-7-18(17)26/h4-14H,3,15H2,1-2H3/b23-13-,29-25?. The van der Waals surface area contributed by atoms with Crippen molar-refractivity contribution in [3.05, 3.63) is 87.0 Å².